The van der Waals surface area contributed by atoms with Crippen molar-refractivity contribution in [2.75, 3.05) is 33.4 Å². The zero-order valence-electron chi connectivity index (χ0n) is 39.8. The van der Waals surface area contributed by atoms with E-state index in [1.807, 2.05) is 12.2 Å². The molecule has 0 aliphatic rings. The van der Waals surface area contributed by atoms with Gasteiger partial charge in [0.2, 0.25) is 0 Å². The Kier molecular flexibility index (Phi) is 45.9. The summed E-state index contributed by atoms with van der Waals surface area (Å²) in [6.07, 6.45) is 58.3. The number of nitrogens with one attached hydrogen (secondary N) is 1. The lowest BCUT2D eigenvalue weighted by Gasteiger charge is -2.19. The van der Waals surface area contributed by atoms with Gasteiger partial charge in [-0.1, -0.05) is 215 Å². The molecule has 0 radical (unpaired) electrons. The summed E-state index contributed by atoms with van der Waals surface area (Å²) in [7, 11) is -2.68. The zero-order chi connectivity index (χ0) is 45.3. The normalized spacial score (nSPS) is 13.8. The number of likely N-dealkylation sites (N-methyl/N-ethyl adjacent to an activating group) is 1. The topological polar surface area (TPSA) is 120 Å². The molecule has 0 bridgehead atoms. The Morgan fingerprint density at radius 2 is 0.919 bits per heavy atom. The summed E-state index contributed by atoms with van der Waals surface area (Å²) in [5, 5.41) is 2.82. The van der Waals surface area contributed by atoms with E-state index in [4.69, 9.17) is 18.5 Å². The molecule has 358 valence electrons. The number of ether oxygens (including phenoxy) is 2. The minimum absolute atomic E-state index is 0.0326. The molecule has 0 fully saturated rings. The van der Waals surface area contributed by atoms with Crippen LogP contribution in [0.15, 0.2) is 72.9 Å². The van der Waals surface area contributed by atoms with Crippen molar-refractivity contribution < 1.29 is 37.6 Å². The molecule has 9 nitrogen and oxygen atoms in total. The Labute approximate surface area is 380 Å². The highest BCUT2D eigenvalue weighted by molar-refractivity contribution is 7.47. The van der Waals surface area contributed by atoms with Gasteiger partial charge < -0.3 is 19.7 Å². The first-order valence-electron chi connectivity index (χ1n) is 24.9. The molecule has 0 aromatic carbocycles. The highest BCUT2D eigenvalue weighted by atomic mass is 31.2. The largest absolute Gasteiger partial charge is 0.472 e. The molecule has 0 aromatic rings. The molecular weight excluding hydrogens is 798 g/mol. The molecule has 0 heterocycles. The van der Waals surface area contributed by atoms with Gasteiger partial charge in [0, 0.05) is 19.4 Å². The van der Waals surface area contributed by atoms with Crippen LogP contribution in [0.3, 0.4) is 0 Å². The number of carbonyl (C=O) groups excluding carboxylic acids is 2. The van der Waals surface area contributed by atoms with Gasteiger partial charge in [0.05, 0.1) is 13.2 Å². The molecule has 2 N–H and O–H groups in total. The standard InChI is InChI=1S/C52H92NO8P/c1-4-6-8-10-12-14-16-18-20-22-24-25-27-28-30-32-34-36-38-40-42-44-51(54)58-48-50(49-60-62(56,57)59-47-46-53-3)61-52(55)45-43-41-39-37-35-33-31-29-26-23-21-19-17-15-13-11-9-7-5-2/h7,9,13,15,19,21,26,29,33,35,39,41,50,53H,4-6,8,10-12,14,16-18,20,22-25,27-28,30-32,34,36-38,40,42-49H2,1-3H3,(H,56,57)/b9-7-,15-13-,21-19-,29-26-,35-33-,41-39-. The number of allylic oxidation sites excluding steroid dienone is 12. The van der Waals surface area contributed by atoms with Crippen LogP contribution < -0.4 is 5.32 Å². The van der Waals surface area contributed by atoms with Gasteiger partial charge in [-0.3, -0.25) is 18.6 Å². The summed E-state index contributed by atoms with van der Waals surface area (Å²) in [5.74, 6) is -0.901. The molecule has 0 amide bonds. The maximum atomic E-state index is 12.6. The summed E-state index contributed by atoms with van der Waals surface area (Å²) < 4.78 is 33.2. The molecule has 0 spiro atoms. The fourth-order valence-corrected chi connectivity index (χ4v) is 7.39. The van der Waals surface area contributed by atoms with Crippen LogP contribution in [0.25, 0.3) is 0 Å². The smallest absolute Gasteiger partial charge is 0.462 e. The SMILES string of the molecule is CC/C=C\C/C=C\C/C=C\C/C=C\C/C=C\C/C=C\CCC(=O)OC(COC(=O)CCCCCCCCCCCCCCCCCCCCCCC)COP(=O)(O)OCCNC. The number of phosphoric acid groups is 1. The predicted octanol–water partition coefficient (Wildman–Crippen LogP) is 14.9. The van der Waals surface area contributed by atoms with E-state index in [1.54, 1.807) is 7.05 Å². The maximum Gasteiger partial charge on any atom is 0.472 e. The van der Waals surface area contributed by atoms with E-state index < -0.39 is 26.5 Å². The Morgan fingerprint density at radius 3 is 1.34 bits per heavy atom. The van der Waals surface area contributed by atoms with Crippen LogP contribution in [0, 0.1) is 0 Å². The minimum atomic E-state index is -4.38. The van der Waals surface area contributed by atoms with E-state index in [2.05, 4.69) is 79.9 Å². The molecule has 0 saturated heterocycles. The summed E-state index contributed by atoms with van der Waals surface area (Å²) in [6, 6.07) is 0. The zero-order valence-corrected chi connectivity index (χ0v) is 40.7. The number of carbonyl (C=O) groups is 2. The van der Waals surface area contributed by atoms with Crippen LogP contribution in [0.5, 0.6) is 0 Å². The summed E-state index contributed by atoms with van der Waals surface area (Å²) in [5.41, 5.74) is 0. The van der Waals surface area contributed by atoms with Crippen molar-refractivity contribution in [3.63, 3.8) is 0 Å². The number of unbranched alkanes of at least 4 members (excludes halogenated alkanes) is 20. The lowest BCUT2D eigenvalue weighted by molar-refractivity contribution is -0.161. The third-order valence-electron chi connectivity index (χ3n) is 10.4. The lowest BCUT2D eigenvalue weighted by Crippen LogP contribution is -2.29. The van der Waals surface area contributed by atoms with E-state index in [9.17, 15) is 19.0 Å². The molecule has 0 aliphatic carbocycles. The molecule has 62 heavy (non-hydrogen) atoms. The van der Waals surface area contributed by atoms with Crippen molar-refractivity contribution in [2.45, 2.75) is 213 Å². The minimum Gasteiger partial charge on any atom is -0.462 e. The molecule has 10 heteroatoms. The monoisotopic (exact) mass is 890 g/mol. The number of rotatable bonds is 46. The Balaban J connectivity index is 4.22. The van der Waals surface area contributed by atoms with Crippen molar-refractivity contribution in [2.24, 2.45) is 0 Å². The van der Waals surface area contributed by atoms with Crippen molar-refractivity contribution in [3.05, 3.63) is 72.9 Å². The second-order valence-electron chi connectivity index (χ2n) is 16.3. The average Bonchev–Trinajstić information content (AvgIpc) is 3.26. The number of hydrogen-bond donors (Lipinski definition) is 2. The molecule has 0 saturated carbocycles. The van der Waals surface area contributed by atoms with Crippen LogP contribution in [0.4, 0.5) is 0 Å². The average molecular weight is 890 g/mol. The van der Waals surface area contributed by atoms with Gasteiger partial charge in [-0.25, -0.2) is 4.57 Å². The highest BCUT2D eigenvalue weighted by Crippen LogP contribution is 2.43. The second kappa shape index (κ2) is 47.9. The first-order valence-corrected chi connectivity index (χ1v) is 26.4. The summed E-state index contributed by atoms with van der Waals surface area (Å²) >= 11 is 0. The Morgan fingerprint density at radius 1 is 0.516 bits per heavy atom. The van der Waals surface area contributed by atoms with Gasteiger partial charge >= 0.3 is 19.8 Å². The second-order valence-corrected chi connectivity index (χ2v) is 17.7. The van der Waals surface area contributed by atoms with E-state index >= 15 is 0 Å². The van der Waals surface area contributed by atoms with Crippen molar-refractivity contribution >= 4 is 19.8 Å². The first kappa shape index (κ1) is 59.5. The summed E-state index contributed by atoms with van der Waals surface area (Å²) in [6.45, 7) is 4.04. The van der Waals surface area contributed by atoms with E-state index in [1.165, 1.54) is 116 Å². The van der Waals surface area contributed by atoms with Gasteiger partial charge in [-0.15, -0.1) is 0 Å². The van der Waals surface area contributed by atoms with Crippen LogP contribution in [-0.2, 0) is 32.7 Å². The van der Waals surface area contributed by atoms with Gasteiger partial charge in [0.15, 0.2) is 6.10 Å². The lowest BCUT2D eigenvalue weighted by atomic mass is 10.0. The van der Waals surface area contributed by atoms with Crippen molar-refractivity contribution in [1.82, 2.24) is 5.32 Å². The van der Waals surface area contributed by atoms with E-state index in [0.717, 1.165) is 57.8 Å². The van der Waals surface area contributed by atoms with E-state index in [0.29, 0.717) is 13.0 Å². The third kappa shape index (κ3) is 46.9. The molecule has 0 rings (SSSR count). The fourth-order valence-electron chi connectivity index (χ4n) is 6.64. The molecule has 0 aliphatic heterocycles. The van der Waals surface area contributed by atoms with E-state index in [-0.39, 0.29) is 32.0 Å². The molecule has 2 unspecified atom stereocenters. The van der Waals surface area contributed by atoms with Crippen LogP contribution in [0.2, 0.25) is 0 Å². The molecule has 0 aromatic heterocycles. The van der Waals surface area contributed by atoms with Crippen molar-refractivity contribution in [3.8, 4) is 0 Å². The van der Waals surface area contributed by atoms with Crippen LogP contribution in [0.1, 0.15) is 206 Å². The maximum absolute atomic E-state index is 12.6. The molecular formula is C52H92NO8P. The number of phosphoric ester groups is 1. The van der Waals surface area contributed by atoms with Crippen LogP contribution in [-0.4, -0.2) is 56.3 Å². The Hall–Kier alpha value is -2.55. The predicted molar refractivity (Wildman–Crippen MR) is 261 cm³/mol. The third-order valence-corrected chi connectivity index (χ3v) is 11.3. The van der Waals surface area contributed by atoms with Gasteiger partial charge in [0.25, 0.3) is 0 Å². The Bertz CT molecular complexity index is 1240. The fraction of sp³-hybridized carbons (Fsp3) is 0.731. The van der Waals surface area contributed by atoms with Crippen molar-refractivity contribution in [1.29, 1.82) is 0 Å². The first-order chi connectivity index (χ1) is 30.3. The van der Waals surface area contributed by atoms with Gasteiger partial charge in [-0.2, -0.15) is 0 Å². The summed E-state index contributed by atoms with van der Waals surface area (Å²) in [4.78, 5) is 35.2. The molecule has 2 atom stereocenters. The van der Waals surface area contributed by atoms with Crippen LogP contribution >= 0.6 is 7.82 Å². The van der Waals surface area contributed by atoms with Gasteiger partial charge in [-0.05, 0) is 58.4 Å². The quantitative estimate of drug-likeness (QED) is 0.0266. The van der Waals surface area contributed by atoms with Gasteiger partial charge in [0.1, 0.15) is 6.61 Å². The number of hydrogen-bond acceptors (Lipinski definition) is 8. The highest BCUT2D eigenvalue weighted by Gasteiger charge is 2.26. The number of esters is 2.